The van der Waals surface area contributed by atoms with E-state index < -0.39 is 72.6 Å². The first-order valence-corrected chi connectivity index (χ1v) is 11.2. The second kappa shape index (κ2) is 15.4. The molecule has 0 saturated carbocycles. The minimum absolute atomic E-state index is 0.0436. The second-order valence-corrected chi connectivity index (χ2v) is 8.13. The summed E-state index contributed by atoms with van der Waals surface area (Å²) in [6.07, 6.45) is 1.20. The van der Waals surface area contributed by atoms with Gasteiger partial charge in [0.05, 0.1) is 25.2 Å². The molecule has 1 aromatic heterocycles. The van der Waals surface area contributed by atoms with Crippen molar-refractivity contribution in [2.45, 2.75) is 56.3 Å². The van der Waals surface area contributed by atoms with E-state index in [1.54, 1.807) is 0 Å². The topological polar surface area (TPSA) is 324 Å². The molecular formula is C20H32N10O8. The van der Waals surface area contributed by atoms with Crippen molar-refractivity contribution in [3.8, 4) is 0 Å². The van der Waals surface area contributed by atoms with Crippen LogP contribution in [0.25, 0.3) is 0 Å². The molecule has 0 aromatic carbocycles. The van der Waals surface area contributed by atoms with Gasteiger partial charge in [-0.15, -0.1) is 0 Å². The van der Waals surface area contributed by atoms with Gasteiger partial charge >= 0.3 is 11.9 Å². The molecule has 0 bridgehead atoms. The van der Waals surface area contributed by atoms with Gasteiger partial charge in [0, 0.05) is 24.9 Å². The van der Waals surface area contributed by atoms with Crippen LogP contribution in [0.5, 0.6) is 0 Å². The van der Waals surface area contributed by atoms with Gasteiger partial charge in [-0.05, 0) is 12.8 Å². The lowest BCUT2D eigenvalue weighted by Gasteiger charge is -2.24. The predicted octanol–water partition coefficient (Wildman–Crippen LogP) is -4.78. The van der Waals surface area contributed by atoms with E-state index in [-0.39, 0.29) is 31.8 Å². The van der Waals surface area contributed by atoms with Crippen molar-refractivity contribution in [1.82, 2.24) is 25.9 Å². The van der Waals surface area contributed by atoms with Crippen LogP contribution in [0.4, 0.5) is 0 Å². The first-order chi connectivity index (χ1) is 17.8. The Morgan fingerprint density at radius 3 is 2.05 bits per heavy atom. The van der Waals surface area contributed by atoms with Crippen molar-refractivity contribution in [1.29, 1.82) is 0 Å². The van der Waals surface area contributed by atoms with Gasteiger partial charge in [-0.2, -0.15) is 0 Å². The lowest BCUT2D eigenvalue weighted by atomic mass is 10.1. The molecule has 0 saturated heterocycles. The number of aliphatic carboxylic acids is 2. The van der Waals surface area contributed by atoms with Crippen LogP contribution in [0.1, 0.15) is 31.4 Å². The second-order valence-electron chi connectivity index (χ2n) is 8.13. The number of aromatic amines is 1. The van der Waals surface area contributed by atoms with Crippen LogP contribution in [0, 0.1) is 0 Å². The zero-order valence-corrected chi connectivity index (χ0v) is 20.3. The SMILES string of the molecule is NC(=O)CC(N)C(=O)NC(CC(=O)O)C(=O)NC(Cc1cnc[nH]1)C(=O)NC(CCCN=C(N)N)C(=O)O. The number of primary amides is 1. The minimum Gasteiger partial charge on any atom is -0.481 e. The van der Waals surface area contributed by atoms with Crippen molar-refractivity contribution in [3.63, 3.8) is 0 Å². The maximum Gasteiger partial charge on any atom is 0.326 e. The Balaban J connectivity index is 3.05. The van der Waals surface area contributed by atoms with Gasteiger partial charge < -0.3 is 54.1 Å². The number of amides is 4. The molecule has 4 unspecified atom stereocenters. The molecule has 1 aromatic rings. The van der Waals surface area contributed by atoms with E-state index in [0.717, 1.165) is 0 Å². The molecular weight excluding hydrogens is 508 g/mol. The fraction of sp³-hybridized carbons (Fsp3) is 0.500. The number of nitrogens with zero attached hydrogens (tertiary/aromatic N) is 2. The van der Waals surface area contributed by atoms with Gasteiger partial charge in [0.15, 0.2) is 5.96 Å². The van der Waals surface area contributed by atoms with E-state index in [9.17, 15) is 39.0 Å². The Morgan fingerprint density at radius 2 is 1.53 bits per heavy atom. The molecule has 14 N–H and O–H groups in total. The van der Waals surface area contributed by atoms with E-state index in [0.29, 0.717) is 5.69 Å². The molecule has 0 spiro atoms. The molecule has 0 aliphatic rings. The number of H-pyrrole nitrogens is 1. The zero-order valence-electron chi connectivity index (χ0n) is 20.3. The largest absolute Gasteiger partial charge is 0.481 e. The highest BCUT2D eigenvalue weighted by molar-refractivity contribution is 5.96. The molecule has 210 valence electrons. The predicted molar refractivity (Wildman–Crippen MR) is 130 cm³/mol. The fourth-order valence-corrected chi connectivity index (χ4v) is 3.10. The highest BCUT2D eigenvalue weighted by Crippen LogP contribution is 2.05. The molecule has 0 radical (unpaired) electrons. The number of hydrogen-bond acceptors (Lipinski definition) is 9. The summed E-state index contributed by atoms with van der Waals surface area (Å²) in [7, 11) is 0. The van der Waals surface area contributed by atoms with Crippen LogP contribution in [-0.2, 0) is 35.2 Å². The van der Waals surface area contributed by atoms with Gasteiger partial charge in [-0.1, -0.05) is 0 Å². The first kappa shape index (κ1) is 31.3. The molecule has 0 fully saturated rings. The maximum atomic E-state index is 13.0. The van der Waals surface area contributed by atoms with Crippen molar-refractivity contribution >= 4 is 41.5 Å². The highest BCUT2D eigenvalue weighted by atomic mass is 16.4. The van der Waals surface area contributed by atoms with Crippen molar-refractivity contribution in [2.24, 2.45) is 27.9 Å². The monoisotopic (exact) mass is 540 g/mol. The van der Waals surface area contributed by atoms with Gasteiger partial charge in [0.25, 0.3) is 0 Å². The maximum absolute atomic E-state index is 13.0. The summed E-state index contributed by atoms with van der Waals surface area (Å²) in [4.78, 5) is 82.4. The fourth-order valence-electron chi connectivity index (χ4n) is 3.10. The van der Waals surface area contributed by atoms with Gasteiger partial charge in [-0.3, -0.25) is 29.0 Å². The zero-order chi connectivity index (χ0) is 28.8. The smallest absolute Gasteiger partial charge is 0.326 e. The van der Waals surface area contributed by atoms with Gasteiger partial charge in [0.2, 0.25) is 23.6 Å². The number of hydrogen-bond donors (Lipinski definition) is 10. The summed E-state index contributed by atoms with van der Waals surface area (Å²) in [5.41, 5.74) is 21.4. The molecule has 0 aliphatic heterocycles. The number of imidazole rings is 1. The average Bonchev–Trinajstić information content (AvgIpc) is 3.32. The van der Waals surface area contributed by atoms with Gasteiger partial charge in [0.1, 0.15) is 18.1 Å². The van der Waals surface area contributed by atoms with E-state index in [1.165, 1.54) is 12.5 Å². The lowest BCUT2D eigenvalue weighted by molar-refractivity contribution is -0.143. The highest BCUT2D eigenvalue weighted by Gasteiger charge is 2.32. The summed E-state index contributed by atoms with van der Waals surface area (Å²) < 4.78 is 0. The Hall–Kier alpha value is -4.74. The van der Waals surface area contributed by atoms with Crippen molar-refractivity contribution in [3.05, 3.63) is 18.2 Å². The Kier molecular flexibility index (Phi) is 12.7. The van der Waals surface area contributed by atoms with Crippen LogP contribution in [0.15, 0.2) is 17.5 Å². The lowest BCUT2D eigenvalue weighted by Crippen LogP contribution is -2.58. The van der Waals surface area contributed by atoms with Crippen LogP contribution in [-0.4, -0.2) is 92.4 Å². The molecule has 0 aliphatic carbocycles. The standard InChI is InChI=1S/C20H32N10O8/c21-10(5-14(22)31)16(34)29-13(6-15(32)33)18(36)30-12(4-9-7-25-8-27-9)17(35)28-11(19(37)38)2-1-3-26-20(23)24/h7-8,10-13H,1-6,21H2,(H2,22,31)(H,25,27)(H,28,35)(H,29,34)(H,30,36)(H,32,33)(H,37,38)(H4,23,24,26). The van der Waals surface area contributed by atoms with Crippen molar-refractivity contribution < 1.29 is 39.0 Å². The summed E-state index contributed by atoms with van der Waals surface area (Å²) in [5.74, 6) is -6.90. The van der Waals surface area contributed by atoms with Crippen LogP contribution in [0.3, 0.4) is 0 Å². The van der Waals surface area contributed by atoms with Gasteiger partial charge in [-0.25, -0.2) is 9.78 Å². The summed E-state index contributed by atoms with van der Waals surface area (Å²) in [5, 5.41) is 25.4. The summed E-state index contributed by atoms with van der Waals surface area (Å²) in [6.45, 7) is 0.116. The first-order valence-electron chi connectivity index (χ1n) is 11.2. The average molecular weight is 541 g/mol. The van der Waals surface area contributed by atoms with E-state index in [4.69, 9.17) is 22.9 Å². The molecule has 4 atom stereocenters. The quantitative estimate of drug-likeness (QED) is 0.0505. The number of nitrogens with two attached hydrogens (primary N) is 4. The third-order valence-corrected chi connectivity index (χ3v) is 4.94. The molecule has 18 heteroatoms. The number of aromatic nitrogens is 2. The molecule has 38 heavy (non-hydrogen) atoms. The Morgan fingerprint density at radius 1 is 0.921 bits per heavy atom. The molecule has 18 nitrogen and oxygen atoms in total. The Labute approximate surface area is 216 Å². The van der Waals surface area contributed by atoms with Crippen molar-refractivity contribution in [2.75, 3.05) is 6.54 Å². The van der Waals surface area contributed by atoms with E-state index in [2.05, 4.69) is 30.9 Å². The van der Waals surface area contributed by atoms with Crippen LogP contribution >= 0.6 is 0 Å². The number of carbonyl (C=O) groups is 6. The third-order valence-electron chi connectivity index (χ3n) is 4.94. The number of nitrogens with one attached hydrogen (secondary N) is 4. The Bertz CT molecular complexity index is 1030. The number of carboxylic acids is 2. The third kappa shape index (κ3) is 11.8. The number of rotatable bonds is 17. The molecule has 1 heterocycles. The number of carboxylic acid groups (broad SMARTS) is 2. The number of carbonyl (C=O) groups excluding carboxylic acids is 4. The molecule has 4 amide bonds. The van der Waals surface area contributed by atoms with Crippen LogP contribution < -0.4 is 38.9 Å². The number of aliphatic imine (C=N–C) groups is 1. The van der Waals surface area contributed by atoms with E-state index in [1.807, 2.05) is 0 Å². The minimum atomic E-state index is -1.69. The summed E-state index contributed by atoms with van der Waals surface area (Å²) >= 11 is 0. The number of guanidine groups is 1. The normalized spacial score (nSPS) is 13.7. The van der Waals surface area contributed by atoms with Crippen LogP contribution in [0.2, 0.25) is 0 Å². The van der Waals surface area contributed by atoms with E-state index >= 15 is 0 Å². The molecule has 1 rings (SSSR count). The summed E-state index contributed by atoms with van der Waals surface area (Å²) in [6, 6.07) is -5.91.